The lowest BCUT2D eigenvalue weighted by atomic mass is 10.1. The van der Waals surface area contributed by atoms with Crippen molar-refractivity contribution in [2.75, 3.05) is 33.0 Å². The van der Waals surface area contributed by atoms with E-state index in [1.807, 2.05) is 79.7 Å². The van der Waals surface area contributed by atoms with Gasteiger partial charge in [0.05, 0.1) is 13.2 Å². The quantitative estimate of drug-likeness (QED) is 0.0650. The zero-order chi connectivity index (χ0) is 28.7. The lowest BCUT2D eigenvalue weighted by molar-refractivity contribution is -0.139. The Morgan fingerprint density at radius 3 is 1.93 bits per heavy atom. The maximum absolute atomic E-state index is 14.9. The maximum Gasteiger partial charge on any atom is 0.333 e. The van der Waals surface area contributed by atoms with Gasteiger partial charge < -0.3 is 18.9 Å². The van der Waals surface area contributed by atoms with Crippen LogP contribution in [0.5, 0.6) is 11.5 Å². The van der Waals surface area contributed by atoms with Gasteiger partial charge in [-0.05, 0) is 37.6 Å². The highest BCUT2D eigenvalue weighted by Gasteiger charge is 2.06. The third-order valence-electron chi connectivity index (χ3n) is 5.52. The molecule has 40 heavy (non-hydrogen) atoms. The molecule has 0 atom stereocenters. The van der Waals surface area contributed by atoms with Crippen molar-refractivity contribution in [2.24, 2.45) is 0 Å². The van der Waals surface area contributed by atoms with Crippen molar-refractivity contribution in [1.29, 1.82) is 0 Å². The number of esters is 1. The zero-order valence-electron chi connectivity index (χ0n) is 23.0. The number of halogens is 1. The van der Waals surface area contributed by atoms with Gasteiger partial charge in [0.15, 0.2) is 0 Å². The van der Waals surface area contributed by atoms with Crippen LogP contribution in [0.2, 0.25) is 0 Å². The van der Waals surface area contributed by atoms with Crippen LogP contribution in [0.3, 0.4) is 0 Å². The molecule has 0 heterocycles. The molecule has 0 unspecified atom stereocenters. The van der Waals surface area contributed by atoms with Crippen molar-refractivity contribution in [1.82, 2.24) is 0 Å². The van der Waals surface area contributed by atoms with Crippen molar-refractivity contribution >= 4 is 30.3 Å². The van der Waals surface area contributed by atoms with Crippen LogP contribution in [-0.4, -0.2) is 39.0 Å². The second kappa shape index (κ2) is 15.9. The molecule has 0 aromatic heterocycles. The Morgan fingerprint density at radius 2 is 1.32 bits per heavy atom. The van der Waals surface area contributed by atoms with Gasteiger partial charge in [0.2, 0.25) is 0 Å². The minimum absolute atomic E-state index is 0.115. The number of carbonyl (C=O) groups is 1. The van der Waals surface area contributed by atoms with Crippen LogP contribution in [0.15, 0.2) is 91.0 Å². The van der Waals surface area contributed by atoms with Crippen molar-refractivity contribution in [3.05, 3.63) is 119 Å². The highest BCUT2D eigenvalue weighted by atomic mass is 19.1. The first-order valence-electron chi connectivity index (χ1n) is 13.0. The van der Waals surface area contributed by atoms with Gasteiger partial charge in [-0.1, -0.05) is 91.6 Å². The molecule has 0 saturated carbocycles. The van der Waals surface area contributed by atoms with Crippen LogP contribution in [0.1, 0.15) is 36.1 Å². The number of rotatable bonds is 15. The van der Waals surface area contributed by atoms with Crippen molar-refractivity contribution in [2.45, 2.75) is 13.8 Å². The summed E-state index contributed by atoms with van der Waals surface area (Å²) in [5, 5.41) is 0. The third kappa shape index (κ3) is 10.0. The molecular formula is C34H35FO5. The van der Waals surface area contributed by atoms with Crippen LogP contribution in [0, 0.1) is 5.82 Å². The summed E-state index contributed by atoms with van der Waals surface area (Å²) in [5.74, 6) is 0.546. The number of carbonyl (C=O) groups excluding carboxylic acids is 1. The predicted octanol–water partition coefficient (Wildman–Crippen LogP) is 7.64. The van der Waals surface area contributed by atoms with Gasteiger partial charge in [-0.2, -0.15) is 0 Å². The first-order valence-corrected chi connectivity index (χ1v) is 13.0. The van der Waals surface area contributed by atoms with Crippen LogP contribution in [0.4, 0.5) is 4.39 Å². The maximum atomic E-state index is 14.9. The molecule has 0 aliphatic heterocycles. The van der Waals surface area contributed by atoms with E-state index in [1.165, 1.54) is 6.07 Å². The second-order valence-electron chi connectivity index (χ2n) is 9.15. The molecule has 0 N–H and O–H groups in total. The lowest BCUT2D eigenvalue weighted by Crippen LogP contribution is -2.12. The van der Waals surface area contributed by atoms with Gasteiger partial charge in [-0.15, -0.1) is 0 Å². The van der Waals surface area contributed by atoms with Crippen LogP contribution in [0.25, 0.3) is 24.3 Å². The second-order valence-corrected chi connectivity index (χ2v) is 9.15. The minimum Gasteiger partial charge on any atom is -0.491 e. The molecule has 0 radical (unpaired) electrons. The smallest absolute Gasteiger partial charge is 0.333 e. The topological polar surface area (TPSA) is 54.0 Å². The van der Waals surface area contributed by atoms with Gasteiger partial charge in [0.1, 0.15) is 37.1 Å². The fourth-order valence-corrected chi connectivity index (χ4v) is 3.51. The standard InChI is InChI=1S/C34H35FO5/c1-25(2)24-37-19-20-38-33-12-8-6-10-30(33)18-17-28-15-13-27(23-31(28)35)14-16-29-9-5-7-11-32(29)39-21-22-40-34(36)26(3)4/h5-18,23H,1,3,19-22,24H2,2,4H3/b16-14+,18-17+. The summed E-state index contributed by atoms with van der Waals surface area (Å²) in [4.78, 5) is 11.5. The summed E-state index contributed by atoms with van der Waals surface area (Å²) < 4.78 is 37.1. The lowest BCUT2D eigenvalue weighted by Gasteiger charge is -2.10. The van der Waals surface area contributed by atoms with E-state index >= 15 is 0 Å². The molecule has 3 rings (SSSR count). The predicted molar refractivity (Wildman–Crippen MR) is 160 cm³/mol. The Kier molecular flexibility index (Phi) is 11.9. The molecule has 0 spiro atoms. The number of benzene rings is 3. The summed E-state index contributed by atoms with van der Waals surface area (Å²) in [6.07, 6.45) is 7.23. The van der Waals surface area contributed by atoms with E-state index in [0.29, 0.717) is 48.0 Å². The fraction of sp³-hybridized carbons (Fsp3) is 0.206. The molecule has 3 aromatic carbocycles. The Hall–Kier alpha value is -4.42. The Labute approximate surface area is 235 Å². The summed E-state index contributed by atoms with van der Waals surface area (Å²) in [6.45, 7) is 12.6. The number of ether oxygens (including phenoxy) is 4. The average Bonchev–Trinajstić information content (AvgIpc) is 2.94. The van der Waals surface area contributed by atoms with Crippen molar-refractivity contribution in [3.63, 3.8) is 0 Å². The molecule has 208 valence electrons. The summed E-state index contributed by atoms with van der Waals surface area (Å²) in [7, 11) is 0. The zero-order valence-corrected chi connectivity index (χ0v) is 23.0. The van der Waals surface area contributed by atoms with Crippen molar-refractivity contribution < 1.29 is 28.1 Å². The van der Waals surface area contributed by atoms with Crippen LogP contribution >= 0.6 is 0 Å². The van der Waals surface area contributed by atoms with Gasteiger partial charge in [-0.3, -0.25) is 0 Å². The van der Waals surface area contributed by atoms with E-state index < -0.39 is 5.97 Å². The molecular weight excluding hydrogens is 507 g/mol. The molecule has 6 heteroatoms. The van der Waals surface area contributed by atoms with E-state index in [2.05, 4.69) is 13.2 Å². The largest absolute Gasteiger partial charge is 0.491 e. The van der Waals surface area contributed by atoms with Crippen LogP contribution < -0.4 is 9.47 Å². The van der Waals surface area contributed by atoms with E-state index in [1.54, 1.807) is 19.1 Å². The molecule has 3 aromatic rings. The first-order chi connectivity index (χ1) is 19.3. The molecule has 0 saturated heterocycles. The Morgan fingerprint density at radius 1 is 0.750 bits per heavy atom. The Balaban J connectivity index is 1.61. The molecule has 5 nitrogen and oxygen atoms in total. The van der Waals surface area contributed by atoms with Gasteiger partial charge in [-0.25, -0.2) is 9.18 Å². The van der Waals surface area contributed by atoms with E-state index in [0.717, 1.165) is 16.7 Å². The molecule has 0 aliphatic carbocycles. The van der Waals surface area contributed by atoms with Crippen molar-refractivity contribution in [3.8, 4) is 11.5 Å². The normalized spacial score (nSPS) is 11.1. The van der Waals surface area contributed by atoms with Crippen LogP contribution in [-0.2, 0) is 14.3 Å². The highest BCUT2D eigenvalue weighted by Crippen LogP contribution is 2.24. The molecule has 0 bridgehead atoms. The summed E-state index contributed by atoms with van der Waals surface area (Å²) in [6, 6.07) is 20.1. The minimum atomic E-state index is -0.449. The number of hydrogen-bond donors (Lipinski definition) is 0. The fourth-order valence-electron chi connectivity index (χ4n) is 3.51. The third-order valence-corrected chi connectivity index (χ3v) is 5.52. The first kappa shape index (κ1) is 30.1. The van der Waals surface area contributed by atoms with E-state index in [9.17, 15) is 9.18 Å². The summed E-state index contributed by atoms with van der Waals surface area (Å²) in [5.41, 5.74) is 4.13. The molecule has 0 fully saturated rings. The van der Waals surface area contributed by atoms with E-state index in [-0.39, 0.29) is 19.0 Å². The van der Waals surface area contributed by atoms with Gasteiger partial charge in [0, 0.05) is 22.3 Å². The van der Waals surface area contributed by atoms with Gasteiger partial charge in [0.25, 0.3) is 0 Å². The summed E-state index contributed by atoms with van der Waals surface area (Å²) >= 11 is 0. The number of para-hydroxylation sites is 2. The Bertz CT molecular complexity index is 1370. The monoisotopic (exact) mass is 542 g/mol. The SMILES string of the molecule is C=C(C)COCCOc1ccccc1/C=C/c1ccc(/C=C/c2ccccc2OCCOC(=O)C(=C)C)cc1F. The molecule has 0 aliphatic rings. The average molecular weight is 543 g/mol. The molecule has 0 amide bonds. The number of hydrogen-bond acceptors (Lipinski definition) is 5. The van der Waals surface area contributed by atoms with E-state index in [4.69, 9.17) is 18.9 Å². The van der Waals surface area contributed by atoms with Gasteiger partial charge >= 0.3 is 5.97 Å². The highest BCUT2D eigenvalue weighted by molar-refractivity contribution is 5.86.